The Morgan fingerprint density at radius 1 is 0.970 bits per heavy atom. The van der Waals surface area contributed by atoms with Crippen molar-refractivity contribution in [2.75, 3.05) is 32.7 Å². The number of halogens is 3. The fourth-order valence-electron chi connectivity index (χ4n) is 4.11. The van der Waals surface area contributed by atoms with Gasteiger partial charge in [0, 0.05) is 37.9 Å². The summed E-state index contributed by atoms with van der Waals surface area (Å²) in [5.41, 5.74) is 4.07. The summed E-state index contributed by atoms with van der Waals surface area (Å²) in [5, 5.41) is 4.72. The molecule has 1 aliphatic heterocycles. The normalized spacial score (nSPS) is 15.5. The topological polar surface area (TPSA) is 41.4 Å². The Morgan fingerprint density at radius 2 is 1.70 bits per heavy atom. The molecule has 4 rings (SSSR count). The SMILES string of the molecule is Cc1ccc(-c2nn(Cc3ccccc3)cc2C(=O)N2CCCN(CC(F)(F)F)CC2)cc1. The summed E-state index contributed by atoms with van der Waals surface area (Å²) in [6.45, 7) is 2.76. The van der Waals surface area contributed by atoms with Crippen LogP contribution in [0.4, 0.5) is 13.2 Å². The summed E-state index contributed by atoms with van der Waals surface area (Å²) in [6, 6.07) is 17.7. The Kier molecular flexibility index (Phi) is 6.83. The second-order valence-corrected chi connectivity index (χ2v) is 8.48. The van der Waals surface area contributed by atoms with Crippen LogP contribution in [-0.2, 0) is 6.54 Å². The number of aryl methyl sites for hydroxylation is 1. The van der Waals surface area contributed by atoms with Crippen LogP contribution >= 0.6 is 0 Å². The molecule has 2 heterocycles. The Bertz CT molecular complexity index is 1080. The summed E-state index contributed by atoms with van der Waals surface area (Å²) < 4.78 is 40.2. The maximum Gasteiger partial charge on any atom is 0.401 e. The summed E-state index contributed by atoms with van der Waals surface area (Å²) in [7, 11) is 0. The molecule has 1 fully saturated rings. The van der Waals surface area contributed by atoms with Gasteiger partial charge in [0.2, 0.25) is 0 Å². The van der Waals surface area contributed by atoms with E-state index in [1.54, 1.807) is 15.8 Å². The molecule has 0 saturated carbocycles. The lowest BCUT2D eigenvalue weighted by Gasteiger charge is -2.22. The number of carbonyl (C=O) groups excluding carboxylic acids is 1. The zero-order valence-corrected chi connectivity index (χ0v) is 18.6. The molecule has 5 nitrogen and oxygen atoms in total. The highest BCUT2D eigenvalue weighted by Crippen LogP contribution is 2.25. The third-order valence-corrected chi connectivity index (χ3v) is 5.78. The first kappa shape index (κ1) is 23.0. The molecule has 1 aromatic heterocycles. The molecule has 0 spiro atoms. The average molecular weight is 457 g/mol. The van der Waals surface area contributed by atoms with Crippen LogP contribution in [0.1, 0.15) is 27.9 Å². The van der Waals surface area contributed by atoms with Crippen LogP contribution in [0.25, 0.3) is 11.3 Å². The standard InChI is InChI=1S/C25H27F3N4O/c1-19-8-10-21(11-9-19)23-22(17-32(29-23)16-20-6-3-2-4-7-20)24(33)31-13-5-12-30(14-15-31)18-25(26,27)28/h2-4,6-11,17H,5,12-16,18H2,1H3. The Labute approximate surface area is 191 Å². The lowest BCUT2D eigenvalue weighted by molar-refractivity contribution is -0.145. The summed E-state index contributed by atoms with van der Waals surface area (Å²) in [6.07, 6.45) is -1.99. The maximum absolute atomic E-state index is 13.5. The molecule has 174 valence electrons. The lowest BCUT2D eigenvalue weighted by atomic mass is 10.1. The largest absolute Gasteiger partial charge is 0.401 e. The fourth-order valence-corrected chi connectivity index (χ4v) is 4.11. The first-order valence-corrected chi connectivity index (χ1v) is 11.1. The quantitative estimate of drug-likeness (QED) is 0.563. The van der Waals surface area contributed by atoms with Gasteiger partial charge in [-0.15, -0.1) is 0 Å². The first-order chi connectivity index (χ1) is 15.8. The van der Waals surface area contributed by atoms with Gasteiger partial charge >= 0.3 is 6.18 Å². The third-order valence-electron chi connectivity index (χ3n) is 5.78. The predicted octanol–water partition coefficient (Wildman–Crippen LogP) is 4.62. The number of alkyl halides is 3. The van der Waals surface area contributed by atoms with Crippen LogP contribution in [0.3, 0.4) is 0 Å². The molecule has 0 atom stereocenters. The second-order valence-electron chi connectivity index (χ2n) is 8.48. The monoisotopic (exact) mass is 456 g/mol. The van der Waals surface area contributed by atoms with Crippen LogP contribution in [-0.4, -0.2) is 64.4 Å². The number of amides is 1. The molecule has 0 N–H and O–H groups in total. The van der Waals surface area contributed by atoms with E-state index >= 15 is 0 Å². The highest BCUT2D eigenvalue weighted by molar-refractivity contribution is 5.99. The van der Waals surface area contributed by atoms with Gasteiger partial charge in [-0.05, 0) is 18.9 Å². The summed E-state index contributed by atoms with van der Waals surface area (Å²) in [4.78, 5) is 16.5. The molecule has 3 aromatic rings. The molecular formula is C25H27F3N4O. The van der Waals surface area contributed by atoms with Crippen molar-refractivity contribution in [2.24, 2.45) is 0 Å². The molecule has 0 aliphatic carbocycles. The minimum Gasteiger partial charge on any atom is -0.337 e. The summed E-state index contributed by atoms with van der Waals surface area (Å²) >= 11 is 0. The van der Waals surface area contributed by atoms with Gasteiger partial charge in [-0.1, -0.05) is 60.2 Å². The van der Waals surface area contributed by atoms with E-state index in [-0.39, 0.29) is 19.0 Å². The minimum atomic E-state index is -4.24. The Morgan fingerprint density at radius 3 is 2.39 bits per heavy atom. The zero-order chi connectivity index (χ0) is 23.4. The van der Waals surface area contributed by atoms with Crippen LogP contribution in [0.5, 0.6) is 0 Å². The fraction of sp³-hybridized carbons (Fsp3) is 0.360. The van der Waals surface area contributed by atoms with Crippen LogP contribution in [0.2, 0.25) is 0 Å². The smallest absolute Gasteiger partial charge is 0.337 e. The second kappa shape index (κ2) is 9.79. The predicted molar refractivity (Wildman–Crippen MR) is 121 cm³/mol. The van der Waals surface area contributed by atoms with Gasteiger partial charge in [-0.25, -0.2) is 0 Å². The van der Waals surface area contributed by atoms with Gasteiger partial charge in [0.1, 0.15) is 5.69 Å². The molecule has 0 radical (unpaired) electrons. The van der Waals surface area contributed by atoms with Crippen molar-refractivity contribution in [3.05, 3.63) is 77.5 Å². The number of hydrogen-bond donors (Lipinski definition) is 0. The third kappa shape index (κ3) is 6.01. The van der Waals surface area contributed by atoms with E-state index in [0.29, 0.717) is 37.3 Å². The van der Waals surface area contributed by atoms with E-state index in [1.165, 1.54) is 4.90 Å². The molecule has 2 aromatic carbocycles. The number of aromatic nitrogens is 2. The molecule has 1 aliphatic rings. The Balaban J connectivity index is 1.59. The minimum absolute atomic E-state index is 0.196. The van der Waals surface area contributed by atoms with E-state index < -0.39 is 12.7 Å². The highest BCUT2D eigenvalue weighted by Gasteiger charge is 2.32. The van der Waals surface area contributed by atoms with E-state index in [4.69, 9.17) is 5.10 Å². The average Bonchev–Trinajstić information content (AvgIpc) is 3.05. The van der Waals surface area contributed by atoms with E-state index in [2.05, 4.69) is 0 Å². The number of benzene rings is 2. The van der Waals surface area contributed by atoms with Crippen molar-refractivity contribution in [1.29, 1.82) is 0 Å². The van der Waals surface area contributed by atoms with Gasteiger partial charge in [-0.3, -0.25) is 14.4 Å². The molecule has 1 saturated heterocycles. The lowest BCUT2D eigenvalue weighted by Crippen LogP contribution is -2.38. The Hall–Kier alpha value is -3.13. The van der Waals surface area contributed by atoms with Crippen molar-refractivity contribution >= 4 is 5.91 Å². The van der Waals surface area contributed by atoms with Crippen LogP contribution in [0, 0.1) is 6.92 Å². The van der Waals surface area contributed by atoms with Gasteiger partial charge in [-0.2, -0.15) is 18.3 Å². The number of nitrogens with zero attached hydrogens (tertiary/aromatic N) is 4. The van der Waals surface area contributed by atoms with Crippen LogP contribution < -0.4 is 0 Å². The molecule has 0 bridgehead atoms. The van der Waals surface area contributed by atoms with E-state index in [0.717, 1.165) is 16.7 Å². The number of carbonyl (C=O) groups is 1. The van der Waals surface area contributed by atoms with Gasteiger partial charge < -0.3 is 4.90 Å². The van der Waals surface area contributed by atoms with Gasteiger partial charge in [0.15, 0.2) is 0 Å². The maximum atomic E-state index is 13.5. The first-order valence-electron chi connectivity index (χ1n) is 11.1. The molecule has 0 unspecified atom stereocenters. The van der Waals surface area contributed by atoms with E-state index in [1.807, 2.05) is 61.5 Å². The molecular weight excluding hydrogens is 429 g/mol. The van der Waals surface area contributed by atoms with Gasteiger partial charge in [0.05, 0.1) is 18.7 Å². The molecule has 1 amide bonds. The van der Waals surface area contributed by atoms with Crippen molar-refractivity contribution < 1.29 is 18.0 Å². The van der Waals surface area contributed by atoms with Gasteiger partial charge in [0.25, 0.3) is 5.91 Å². The molecule has 8 heteroatoms. The van der Waals surface area contributed by atoms with Crippen molar-refractivity contribution in [3.8, 4) is 11.3 Å². The summed E-state index contributed by atoms with van der Waals surface area (Å²) in [5.74, 6) is -0.196. The molecule has 33 heavy (non-hydrogen) atoms. The van der Waals surface area contributed by atoms with Crippen molar-refractivity contribution in [1.82, 2.24) is 19.6 Å². The highest BCUT2D eigenvalue weighted by atomic mass is 19.4. The van der Waals surface area contributed by atoms with E-state index in [9.17, 15) is 18.0 Å². The number of rotatable bonds is 5. The van der Waals surface area contributed by atoms with Crippen LogP contribution in [0.15, 0.2) is 60.8 Å². The number of hydrogen-bond acceptors (Lipinski definition) is 3. The van der Waals surface area contributed by atoms with Crippen molar-refractivity contribution in [2.45, 2.75) is 26.1 Å². The zero-order valence-electron chi connectivity index (χ0n) is 18.6. The van der Waals surface area contributed by atoms with Crippen molar-refractivity contribution in [3.63, 3.8) is 0 Å².